The van der Waals surface area contributed by atoms with E-state index in [0.717, 1.165) is 95.8 Å². The normalized spacial score (nSPS) is 22.0. The third-order valence-corrected chi connectivity index (χ3v) is 14.0. The van der Waals surface area contributed by atoms with Crippen molar-refractivity contribution < 1.29 is 33.0 Å². The van der Waals surface area contributed by atoms with Gasteiger partial charge in [0.1, 0.15) is 29.5 Å². The quantitative estimate of drug-likeness (QED) is 0.0955. The zero-order chi connectivity index (χ0) is 45.7. The molecule has 0 unspecified atom stereocenters. The van der Waals surface area contributed by atoms with Crippen molar-refractivity contribution in [2.75, 3.05) is 32.2 Å². The number of methoxy groups -OCH3 is 2. The molecule has 3 saturated heterocycles. The van der Waals surface area contributed by atoms with Crippen LogP contribution < -0.4 is 15.5 Å². The summed E-state index contributed by atoms with van der Waals surface area (Å²) in [6.45, 7) is 8.72. The van der Waals surface area contributed by atoms with Crippen LogP contribution in [0, 0.1) is 17.7 Å². The zero-order valence-corrected chi connectivity index (χ0v) is 38.0. The van der Waals surface area contributed by atoms with Gasteiger partial charge in [-0.15, -0.1) is 0 Å². The maximum atomic E-state index is 15.9. The van der Waals surface area contributed by atoms with Gasteiger partial charge in [-0.05, 0) is 122 Å². The lowest BCUT2D eigenvalue weighted by molar-refractivity contribution is -0.136. The lowest BCUT2D eigenvalue weighted by Gasteiger charge is -2.33. The molecule has 3 aliphatic heterocycles. The first-order valence-corrected chi connectivity index (χ1v) is 23.2. The number of carbonyl (C=O) groups excluding carboxylic acids is 4. The smallest absolute Gasteiger partial charge is 0.407 e. The number of aromatic amines is 2. The summed E-state index contributed by atoms with van der Waals surface area (Å²) in [6.07, 6.45) is 5.48. The number of hydrogen-bond acceptors (Lipinski definition) is 9. The molecule has 1 aliphatic carbocycles. The van der Waals surface area contributed by atoms with Gasteiger partial charge in [-0.3, -0.25) is 9.59 Å². The van der Waals surface area contributed by atoms with Gasteiger partial charge in [0.15, 0.2) is 0 Å². The van der Waals surface area contributed by atoms with E-state index in [1.807, 2.05) is 55.7 Å². The van der Waals surface area contributed by atoms with E-state index in [1.54, 1.807) is 6.07 Å². The molecule has 4 fully saturated rings. The van der Waals surface area contributed by atoms with Crippen molar-refractivity contribution in [3.63, 3.8) is 0 Å². The Hall–Kier alpha value is -6.19. The van der Waals surface area contributed by atoms with Gasteiger partial charge in [-0.25, -0.2) is 23.9 Å². The first-order chi connectivity index (χ1) is 31.3. The molecule has 6 atom stereocenters. The minimum absolute atomic E-state index is 0.0903. The predicted molar refractivity (Wildman–Crippen MR) is 243 cm³/mol. The molecule has 15 nitrogen and oxygen atoms in total. The molecule has 5 aromatic rings. The number of alkyl carbamates (subject to hydrolysis) is 2. The standard InChI is InChI=1S/C49H60FN9O6/c1-26(2)42(55-48(62)64-5)46(60)57-21-7-9-40(57)44-51-34-17-13-29(23-36(34)53-44)38-19-20-39(59(38)31-15-16-32(28-11-12-28)33(50)25-31)30-14-18-35-37(24-30)54-45(52-35)41-10-8-22-58(41)47(61)43(27(3)4)56-49(63)65-6/h13-18,23-28,38-43H,7-12,19-22H2,1-6H3,(H,51,53)(H,52,54)(H,55,62)(H,56,63)/t38-,39-,40+,41+,42+,43+/m1/s1. The topological polar surface area (TPSA) is 178 Å². The molecule has 0 bridgehead atoms. The molecule has 2 aromatic heterocycles. The Morgan fingerprint density at radius 1 is 0.646 bits per heavy atom. The molecule has 4 aliphatic rings. The highest BCUT2D eigenvalue weighted by atomic mass is 19.1. The number of imidazole rings is 2. The second kappa shape index (κ2) is 18.0. The Morgan fingerprint density at radius 2 is 1.12 bits per heavy atom. The summed E-state index contributed by atoms with van der Waals surface area (Å²) in [5, 5.41) is 5.45. The fraction of sp³-hybridized carbons (Fsp3) is 0.510. The van der Waals surface area contributed by atoms with Crippen molar-refractivity contribution in [2.24, 2.45) is 11.8 Å². The number of ether oxygens (including phenoxy) is 2. The number of nitrogens with zero attached hydrogens (tertiary/aromatic N) is 5. The van der Waals surface area contributed by atoms with Gasteiger partial charge in [0, 0.05) is 18.8 Å². The summed E-state index contributed by atoms with van der Waals surface area (Å²) in [7, 11) is 2.58. The van der Waals surface area contributed by atoms with E-state index < -0.39 is 24.3 Å². The fourth-order valence-corrected chi connectivity index (χ4v) is 10.4. The molecule has 3 aromatic carbocycles. The van der Waals surface area contributed by atoms with E-state index in [0.29, 0.717) is 24.7 Å². The Morgan fingerprint density at radius 3 is 1.54 bits per heavy atom. The minimum atomic E-state index is -0.728. The van der Waals surface area contributed by atoms with Gasteiger partial charge in [0.05, 0.1) is 60.5 Å². The fourth-order valence-electron chi connectivity index (χ4n) is 10.4. The maximum absolute atomic E-state index is 15.9. The number of H-pyrrole nitrogens is 2. The molecule has 9 rings (SSSR count). The number of benzene rings is 3. The van der Waals surface area contributed by atoms with Crippen molar-refractivity contribution in [3.8, 4) is 0 Å². The van der Waals surface area contributed by atoms with E-state index in [1.165, 1.54) is 14.2 Å². The molecule has 4 amide bonds. The number of hydrogen-bond donors (Lipinski definition) is 4. The van der Waals surface area contributed by atoms with E-state index in [-0.39, 0.29) is 59.6 Å². The molecular weight excluding hydrogens is 830 g/mol. The SMILES string of the molecule is COC(=O)N[C@H](C(=O)N1CCC[C@H]1c1nc2cc([C@H]3CC[C@H](c4ccc5[nH]c([C@@H]6CCCN6C(=O)[C@@H](NC(=O)OC)C(C)C)nc5c4)N3c3ccc(C4CC4)c(F)c3)ccc2[nH]1)C(C)C. The number of halogens is 1. The molecule has 0 spiro atoms. The predicted octanol–water partition coefficient (Wildman–Crippen LogP) is 8.63. The minimum Gasteiger partial charge on any atom is -0.453 e. The highest BCUT2D eigenvalue weighted by Gasteiger charge is 2.41. The van der Waals surface area contributed by atoms with Crippen LogP contribution in [-0.2, 0) is 19.1 Å². The maximum Gasteiger partial charge on any atom is 0.407 e. The highest BCUT2D eigenvalue weighted by molar-refractivity contribution is 5.87. The molecular formula is C49H60FN9O6. The summed E-state index contributed by atoms with van der Waals surface area (Å²) < 4.78 is 25.6. The summed E-state index contributed by atoms with van der Waals surface area (Å²) in [4.78, 5) is 75.2. The van der Waals surface area contributed by atoms with Crippen molar-refractivity contribution in [3.05, 3.63) is 88.8 Å². The third kappa shape index (κ3) is 8.59. The second-order valence-electron chi connectivity index (χ2n) is 18.9. The van der Waals surface area contributed by atoms with E-state index in [2.05, 4.69) is 55.8 Å². The lowest BCUT2D eigenvalue weighted by atomic mass is 10.0. The molecule has 5 heterocycles. The average Bonchev–Trinajstić information content (AvgIpc) is 3.85. The van der Waals surface area contributed by atoms with Gasteiger partial charge in [-0.1, -0.05) is 45.9 Å². The van der Waals surface area contributed by atoms with Crippen LogP contribution in [0.5, 0.6) is 0 Å². The van der Waals surface area contributed by atoms with Crippen molar-refractivity contribution in [1.82, 2.24) is 40.4 Å². The molecule has 1 saturated carbocycles. The van der Waals surface area contributed by atoms with Crippen LogP contribution >= 0.6 is 0 Å². The number of nitrogens with one attached hydrogen (secondary N) is 4. The lowest BCUT2D eigenvalue weighted by Crippen LogP contribution is -2.51. The van der Waals surface area contributed by atoms with E-state index in [4.69, 9.17) is 19.4 Å². The summed E-state index contributed by atoms with van der Waals surface area (Å²) >= 11 is 0. The van der Waals surface area contributed by atoms with Gasteiger partial charge < -0.3 is 44.8 Å². The van der Waals surface area contributed by atoms with Gasteiger partial charge in [-0.2, -0.15) is 0 Å². The van der Waals surface area contributed by atoms with Crippen molar-refractivity contribution in [2.45, 2.75) is 121 Å². The third-order valence-electron chi connectivity index (χ3n) is 14.0. The number of anilines is 1. The molecule has 344 valence electrons. The van der Waals surface area contributed by atoms with Crippen LogP contribution in [0.3, 0.4) is 0 Å². The first-order valence-electron chi connectivity index (χ1n) is 23.2. The second-order valence-corrected chi connectivity index (χ2v) is 18.9. The van der Waals surface area contributed by atoms with Gasteiger partial charge in [0.25, 0.3) is 0 Å². The van der Waals surface area contributed by atoms with Crippen LogP contribution in [-0.4, -0.2) is 93.1 Å². The van der Waals surface area contributed by atoms with Crippen LogP contribution in [0.2, 0.25) is 0 Å². The number of aromatic nitrogens is 4. The van der Waals surface area contributed by atoms with Crippen molar-refractivity contribution in [1.29, 1.82) is 0 Å². The van der Waals surface area contributed by atoms with Crippen LogP contribution in [0.4, 0.5) is 19.7 Å². The van der Waals surface area contributed by atoms with E-state index >= 15 is 4.39 Å². The van der Waals surface area contributed by atoms with Gasteiger partial charge >= 0.3 is 12.2 Å². The molecule has 65 heavy (non-hydrogen) atoms. The largest absolute Gasteiger partial charge is 0.453 e. The summed E-state index contributed by atoms with van der Waals surface area (Å²) in [6, 6.07) is 16.1. The van der Waals surface area contributed by atoms with Crippen LogP contribution in [0.25, 0.3) is 22.1 Å². The van der Waals surface area contributed by atoms with Crippen LogP contribution in [0.15, 0.2) is 54.6 Å². The Kier molecular flexibility index (Phi) is 12.2. The first kappa shape index (κ1) is 44.0. The van der Waals surface area contributed by atoms with Crippen molar-refractivity contribution >= 4 is 51.8 Å². The number of amides is 4. The molecule has 4 N–H and O–H groups in total. The highest BCUT2D eigenvalue weighted by Crippen LogP contribution is 2.49. The number of carbonyl (C=O) groups is 4. The number of likely N-dealkylation sites (tertiary alicyclic amines) is 2. The summed E-state index contributed by atoms with van der Waals surface area (Å²) in [5.41, 5.74) is 6.99. The summed E-state index contributed by atoms with van der Waals surface area (Å²) in [5.74, 6) is 0.908. The average molecular weight is 890 g/mol. The number of rotatable bonds is 12. The monoisotopic (exact) mass is 889 g/mol. The molecule has 0 radical (unpaired) electrons. The Balaban J connectivity index is 1.01. The van der Waals surface area contributed by atoms with Crippen LogP contribution in [0.1, 0.15) is 137 Å². The number of fused-ring (bicyclic) bond motifs is 2. The Labute approximate surface area is 378 Å². The van der Waals surface area contributed by atoms with Gasteiger partial charge in [0.2, 0.25) is 11.8 Å². The zero-order valence-electron chi connectivity index (χ0n) is 38.0. The molecule has 16 heteroatoms. The Bertz CT molecular complexity index is 2460. The van der Waals surface area contributed by atoms with E-state index in [9.17, 15) is 19.2 Å².